The van der Waals surface area contributed by atoms with Crippen molar-refractivity contribution in [1.82, 2.24) is 9.80 Å². The number of fused-ring (bicyclic) bond motifs is 10. The Balaban J connectivity index is 0.683. The third kappa shape index (κ3) is 7.92. The molecule has 2 amide bonds. The van der Waals surface area contributed by atoms with E-state index >= 15 is 9.59 Å². The van der Waals surface area contributed by atoms with E-state index < -0.39 is 23.0 Å². The van der Waals surface area contributed by atoms with Gasteiger partial charge >= 0.3 is 0 Å². The van der Waals surface area contributed by atoms with Gasteiger partial charge in [-0.3, -0.25) is 9.59 Å². The van der Waals surface area contributed by atoms with Crippen LogP contribution in [0.2, 0.25) is 0 Å². The molecule has 8 nitrogen and oxygen atoms in total. The van der Waals surface area contributed by atoms with E-state index in [9.17, 15) is 20.4 Å². The minimum atomic E-state index is -0.540. The molecule has 13 fully saturated rings. The lowest BCUT2D eigenvalue weighted by molar-refractivity contribution is -0.149. The van der Waals surface area contributed by atoms with Crippen LogP contribution in [-0.4, -0.2) is 91.6 Å². The summed E-state index contributed by atoms with van der Waals surface area (Å²) in [6, 6.07) is 0.562. The monoisotopic (exact) mass is 1080 g/mol. The number of rotatable bonds is 6. The van der Waals surface area contributed by atoms with Gasteiger partial charge in [-0.25, -0.2) is 0 Å². The first-order valence-electron chi connectivity index (χ1n) is 33.9. The van der Waals surface area contributed by atoms with Crippen LogP contribution in [0, 0.1) is 138 Å². The number of aliphatic hydroxyl groups excluding tert-OH is 4. The molecule has 78 heavy (non-hydrogen) atoms. The standard InChI is InChI=1S/C70H114N2O6/c1-39-25-45-49(29-57(39)73)69(35-63(45,3)4)37-65(7,8)47-27-53(59(75)31-51(47)69)67(11)43-17-13-15-19-55(43)71(61(67)77)33-41-21-23-42(24-22-41)34-72-56-20-16-14-18-44(56)68(12,62(72)78)54-28-48-52(32-60(54)76)70(38-66(48,9)10)36-64(5,6)46-26-40(2)58(74)30-50(46)70/h39-60,73-76H,13-38H2,1-12H3. The molecule has 440 valence electrons. The number of carbonyl (C=O) groups is 2. The second kappa shape index (κ2) is 18.6. The van der Waals surface area contributed by atoms with E-state index in [2.05, 4.69) is 92.9 Å². The van der Waals surface area contributed by atoms with Gasteiger partial charge in [-0.05, 0) is 256 Å². The Morgan fingerprint density at radius 1 is 0.359 bits per heavy atom. The molecule has 11 saturated carbocycles. The lowest BCUT2D eigenvalue weighted by Gasteiger charge is -2.51. The number of amides is 2. The van der Waals surface area contributed by atoms with Crippen molar-refractivity contribution in [3.8, 4) is 0 Å². The predicted octanol–water partition coefficient (Wildman–Crippen LogP) is 13.4. The van der Waals surface area contributed by atoms with Gasteiger partial charge in [0, 0.05) is 25.2 Å². The van der Waals surface area contributed by atoms with Crippen LogP contribution in [0.4, 0.5) is 0 Å². The Morgan fingerprint density at radius 2 is 0.654 bits per heavy atom. The van der Waals surface area contributed by atoms with Crippen molar-refractivity contribution in [3.63, 3.8) is 0 Å². The third-order valence-electron chi connectivity index (χ3n) is 30.2. The Labute approximate surface area is 474 Å². The maximum Gasteiger partial charge on any atom is 0.229 e. The summed E-state index contributed by atoms with van der Waals surface area (Å²) in [5.74, 6) is 7.11. The molecular formula is C70H114N2O6. The van der Waals surface area contributed by atoms with Gasteiger partial charge in [-0.15, -0.1) is 0 Å². The van der Waals surface area contributed by atoms with E-state index in [1.54, 1.807) is 0 Å². The molecule has 13 rings (SSSR count). The first-order chi connectivity index (χ1) is 36.6. The summed E-state index contributed by atoms with van der Waals surface area (Å²) in [7, 11) is 0. The first-order valence-corrected chi connectivity index (χ1v) is 33.9. The van der Waals surface area contributed by atoms with Gasteiger partial charge < -0.3 is 30.2 Å². The predicted molar refractivity (Wildman–Crippen MR) is 309 cm³/mol. The maximum atomic E-state index is 15.6. The van der Waals surface area contributed by atoms with Crippen LogP contribution in [0.1, 0.15) is 237 Å². The fourth-order valence-corrected chi connectivity index (χ4v) is 27.1. The fourth-order valence-electron chi connectivity index (χ4n) is 27.1. The smallest absolute Gasteiger partial charge is 0.229 e. The molecule has 24 atom stereocenters. The zero-order chi connectivity index (χ0) is 55.4. The molecule has 24 unspecified atom stereocenters. The molecule has 0 aromatic carbocycles. The number of nitrogens with zero attached hydrogens (tertiary/aromatic N) is 2. The number of hydrogen-bond donors (Lipinski definition) is 4. The van der Waals surface area contributed by atoms with Crippen LogP contribution in [0.3, 0.4) is 0 Å². The molecular weight excluding hydrogens is 965 g/mol. The lowest BCUT2D eigenvalue weighted by atomic mass is 9.53. The highest BCUT2D eigenvalue weighted by atomic mass is 16.3. The van der Waals surface area contributed by atoms with Gasteiger partial charge in [0.1, 0.15) is 0 Å². The van der Waals surface area contributed by atoms with E-state index in [1.807, 2.05) is 0 Å². The summed E-state index contributed by atoms with van der Waals surface area (Å²) in [6.45, 7) is 31.1. The molecule has 0 bridgehead atoms. The van der Waals surface area contributed by atoms with Crippen LogP contribution in [-0.2, 0) is 9.59 Å². The van der Waals surface area contributed by atoms with Crippen molar-refractivity contribution in [2.75, 3.05) is 13.1 Å². The highest BCUT2D eigenvalue weighted by molar-refractivity contribution is 5.87. The Bertz CT molecular complexity index is 2160. The molecule has 2 heterocycles. The maximum absolute atomic E-state index is 15.6. The van der Waals surface area contributed by atoms with Crippen molar-refractivity contribution in [2.45, 2.75) is 274 Å². The zero-order valence-electron chi connectivity index (χ0n) is 51.6. The molecule has 11 aliphatic carbocycles. The van der Waals surface area contributed by atoms with Gasteiger partial charge in [0.2, 0.25) is 11.8 Å². The minimum absolute atomic E-state index is 0.0121. The molecule has 0 aromatic rings. The molecule has 2 saturated heterocycles. The van der Waals surface area contributed by atoms with E-state index in [-0.39, 0.29) is 68.6 Å². The lowest BCUT2D eigenvalue weighted by Crippen LogP contribution is -2.52. The molecule has 4 N–H and O–H groups in total. The van der Waals surface area contributed by atoms with Crippen LogP contribution in [0.15, 0.2) is 0 Å². The molecule has 0 radical (unpaired) electrons. The highest BCUT2D eigenvalue weighted by Crippen LogP contribution is 2.78. The van der Waals surface area contributed by atoms with Crippen molar-refractivity contribution in [2.24, 2.45) is 138 Å². The average molecular weight is 1080 g/mol. The molecule has 2 aliphatic heterocycles. The van der Waals surface area contributed by atoms with Gasteiger partial charge in [-0.1, -0.05) is 109 Å². The normalized spacial score (nSPS) is 55.4. The topological polar surface area (TPSA) is 122 Å². The summed E-state index contributed by atoms with van der Waals surface area (Å²) in [4.78, 5) is 36.0. The highest BCUT2D eigenvalue weighted by Gasteiger charge is 2.74. The van der Waals surface area contributed by atoms with Crippen LogP contribution in [0.25, 0.3) is 0 Å². The van der Waals surface area contributed by atoms with Crippen LogP contribution in [0.5, 0.6) is 0 Å². The second-order valence-electron chi connectivity index (χ2n) is 35.6. The third-order valence-corrected chi connectivity index (χ3v) is 30.2. The van der Waals surface area contributed by atoms with Gasteiger partial charge in [0.15, 0.2) is 0 Å². The Morgan fingerprint density at radius 3 is 0.987 bits per heavy atom. The zero-order valence-corrected chi connectivity index (χ0v) is 51.6. The summed E-state index contributed by atoms with van der Waals surface area (Å²) < 4.78 is 0. The van der Waals surface area contributed by atoms with Gasteiger partial charge in [0.25, 0.3) is 0 Å². The second-order valence-corrected chi connectivity index (χ2v) is 35.6. The van der Waals surface area contributed by atoms with E-state index in [4.69, 9.17) is 0 Å². The van der Waals surface area contributed by atoms with E-state index in [1.165, 1.54) is 51.4 Å². The number of hydrogen-bond acceptors (Lipinski definition) is 6. The van der Waals surface area contributed by atoms with Crippen molar-refractivity contribution >= 4 is 11.8 Å². The first kappa shape index (κ1) is 55.9. The molecule has 13 aliphatic rings. The number of carbonyl (C=O) groups excluding carboxylic acids is 2. The summed E-state index contributed by atoms with van der Waals surface area (Å²) in [6.07, 6.45) is 24.6. The largest absolute Gasteiger partial charge is 0.393 e. The Hall–Kier alpha value is -1.22. The van der Waals surface area contributed by atoms with Gasteiger partial charge in [0.05, 0.1) is 35.2 Å². The SMILES string of the molecule is CC1CC2C(CC1O)C1(CC2(C)C)CC(C)(C)C2CC(C3(C)C(=O)N(CC4CCC(CN5C(=O)C(C)(C6CC7C(CC6O)C6(CC(C)(C)C8CC(C)C(O)CC86)CC7(C)C)C6CCCCC65)CC4)C4CCCCC43)C(O)CC21. The van der Waals surface area contributed by atoms with E-state index in [0.29, 0.717) is 94.7 Å². The van der Waals surface area contributed by atoms with Crippen molar-refractivity contribution < 1.29 is 30.0 Å². The minimum Gasteiger partial charge on any atom is -0.393 e. The average Bonchev–Trinajstić information content (AvgIpc) is 4.12. The Kier molecular flexibility index (Phi) is 13.4. The summed E-state index contributed by atoms with van der Waals surface area (Å²) in [5, 5.41) is 48.2. The quantitative estimate of drug-likeness (QED) is 0.210. The number of likely N-dealkylation sites (tertiary alicyclic amines) is 2. The van der Waals surface area contributed by atoms with E-state index in [0.717, 1.165) is 116 Å². The van der Waals surface area contributed by atoms with Gasteiger partial charge in [-0.2, -0.15) is 0 Å². The molecule has 8 heteroatoms. The fraction of sp³-hybridized carbons (Fsp3) is 0.971. The van der Waals surface area contributed by atoms with Crippen LogP contribution < -0.4 is 0 Å². The summed E-state index contributed by atoms with van der Waals surface area (Å²) >= 11 is 0. The molecule has 2 spiro atoms. The molecule has 0 aromatic heterocycles. The summed E-state index contributed by atoms with van der Waals surface area (Å²) in [5.41, 5.74) is -0.0254. The van der Waals surface area contributed by atoms with Crippen molar-refractivity contribution in [1.29, 1.82) is 0 Å². The van der Waals surface area contributed by atoms with Crippen LogP contribution >= 0.6 is 0 Å². The van der Waals surface area contributed by atoms with Crippen molar-refractivity contribution in [3.05, 3.63) is 0 Å². The number of aliphatic hydroxyl groups is 4.